The van der Waals surface area contributed by atoms with Crippen LogP contribution in [0.3, 0.4) is 0 Å². The minimum atomic E-state index is -3.72. The van der Waals surface area contributed by atoms with Crippen LogP contribution in [0.2, 0.25) is 6.04 Å². The van der Waals surface area contributed by atoms with E-state index in [4.69, 9.17) is 14.4 Å². The molecule has 0 aliphatic carbocycles. The fraction of sp³-hybridized carbons (Fsp3) is 1.00. The smallest absolute Gasteiger partial charge is 0.496 e. The SMILES string of the molecule is CCCCC[NH3+].CCO[Si](=O)OCC.O.[NH3+]CCC[Si](O)(O)O. The van der Waals surface area contributed by atoms with Crippen LogP contribution in [0.15, 0.2) is 0 Å². The molecule has 0 saturated heterocycles. The Labute approximate surface area is 142 Å². The lowest BCUT2D eigenvalue weighted by Crippen LogP contribution is -2.51. The van der Waals surface area contributed by atoms with E-state index < -0.39 is 18.0 Å². The lowest BCUT2D eigenvalue weighted by molar-refractivity contribution is -0.368. The molecule has 9 nitrogen and oxygen atoms in total. The van der Waals surface area contributed by atoms with Crippen molar-refractivity contribution in [3.63, 3.8) is 0 Å². The van der Waals surface area contributed by atoms with Crippen molar-refractivity contribution in [1.29, 1.82) is 0 Å². The van der Waals surface area contributed by atoms with E-state index in [1.54, 1.807) is 13.8 Å². The number of rotatable bonds is 10. The highest BCUT2D eigenvalue weighted by Crippen LogP contribution is 1.97. The molecule has 0 aliphatic rings. The van der Waals surface area contributed by atoms with Gasteiger partial charge in [0.1, 0.15) is 0 Å². The zero-order valence-electron chi connectivity index (χ0n) is 14.8. The van der Waals surface area contributed by atoms with Crippen LogP contribution in [0.25, 0.3) is 0 Å². The molecule has 0 aromatic carbocycles. The molecule has 0 amide bonds. The van der Waals surface area contributed by atoms with E-state index in [0.29, 0.717) is 26.2 Å². The molecule has 0 fully saturated rings. The minimum Gasteiger partial charge on any atom is -0.496 e. The second-order valence-corrected chi connectivity index (χ2v) is 7.53. The van der Waals surface area contributed by atoms with E-state index in [2.05, 4.69) is 27.2 Å². The lowest BCUT2D eigenvalue weighted by atomic mass is 10.3. The van der Waals surface area contributed by atoms with Crippen LogP contribution in [-0.4, -0.2) is 64.1 Å². The maximum Gasteiger partial charge on any atom is 0.767 e. The quantitative estimate of drug-likeness (QED) is 0.208. The van der Waals surface area contributed by atoms with Crippen molar-refractivity contribution >= 4 is 18.0 Å². The summed E-state index contributed by atoms with van der Waals surface area (Å²) in [5, 5.41) is 0. The van der Waals surface area contributed by atoms with Gasteiger partial charge in [-0.3, -0.25) is 4.46 Å². The van der Waals surface area contributed by atoms with Crippen LogP contribution in [0.5, 0.6) is 0 Å². The number of hydrogen-bond acceptors (Lipinski definition) is 6. The first-order valence-corrected chi connectivity index (χ1v) is 11.1. The van der Waals surface area contributed by atoms with Crippen molar-refractivity contribution < 1.29 is 44.6 Å². The Morgan fingerprint density at radius 3 is 1.52 bits per heavy atom. The molecule has 0 spiro atoms. The van der Waals surface area contributed by atoms with Gasteiger partial charge in [0.25, 0.3) is 0 Å². The summed E-state index contributed by atoms with van der Waals surface area (Å²) in [6.07, 6.45) is 4.55. The maximum absolute atomic E-state index is 10.4. The van der Waals surface area contributed by atoms with Crippen molar-refractivity contribution in [3.8, 4) is 0 Å². The summed E-state index contributed by atoms with van der Waals surface area (Å²) >= 11 is 0. The van der Waals surface area contributed by atoms with E-state index in [1.165, 1.54) is 19.3 Å². The van der Waals surface area contributed by atoms with Gasteiger partial charge in [0.15, 0.2) is 0 Å². The molecule has 11 heteroatoms. The zero-order chi connectivity index (χ0) is 17.9. The number of unbranched alkanes of at least 4 members (excludes halogenated alkanes) is 2. The molecule has 11 N–H and O–H groups in total. The van der Waals surface area contributed by atoms with Gasteiger partial charge in [-0.05, 0) is 26.7 Å². The van der Waals surface area contributed by atoms with E-state index in [0.717, 1.165) is 6.54 Å². The van der Waals surface area contributed by atoms with Crippen molar-refractivity contribution in [2.24, 2.45) is 0 Å². The highest BCUT2D eigenvalue weighted by Gasteiger charge is 2.25. The second kappa shape index (κ2) is 23.9. The average molecular weight is 379 g/mol. The maximum atomic E-state index is 10.4. The highest BCUT2D eigenvalue weighted by atomic mass is 28.4. The largest absolute Gasteiger partial charge is 0.767 e. The van der Waals surface area contributed by atoms with Crippen LogP contribution in [0.4, 0.5) is 0 Å². The molecule has 0 saturated carbocycles. The van der Waals surface area contributed by atoms with Gasteiger partial charge < -0.3 is 40.2 Å². The van der Waals surface area contributed by atoms with Gasteiger partial charge in [0.05, 0.1) is 26.3 Å². The van der Waals surface area contributed by atoms with E-state index in [1.807, 2.05) is 0 Å². The molecule has 0 aromatic rings. The van der Waals surface area contributed by atoms with Gasteiger partial charge >= 0.3 is 18.0 Å². The molecule has 0 aromatic heterocycles. The van der Waals surface area contributed by atoms with Crippen LogP contribution in [-0.2, 0) is 13.3 Å². The van der Waals surface area contributed by atoms with Crippen LogP contribution in [0.1, 0.15) is 46.5 Å². The molecule has 0 unspecified atom stereocenters. The predicted molar refractivity (Wildman–Crippen MR) is 90.2 cm³/mol. The summed E-state index contributed by atoms with van der Waals surface area (Å²) in [7, 11) is -5.86. The van der Waals surface area contributed by atoms with E-state index in [-0.39, 0.29) is 11.5 Å². The average Bonchev–Trinajstić information content (AvgIpc) is 2.44. The van der Waals surface area contributed by atoms with E-state index >= 15 is 0 Å². The van der Waals surface area contributed by atoms with Gasteiger partial charge in [-0.25, -0.2) is 0 Å². The summed E-state index contributed by atoms with van der Waals surface area (Å²) in [5.41, 5.74) is 7.20. The predicted octanol–water partition coefficient (Wildman–Crippen LogP) is -2.40. The van der Waals surface area contributed by atoms with Gasteiger partial charge in [0, 0.05) is 12.5 Å². The fourth-order valence-corrected chi connectivity index (χ4v) is 2.35. The summed E-state index contributed by atoms with van der Waals surface area (Å²) in [5.74, 6) is 0. The molecular weight excluding hydrogens is 340 g/mol. The van der Waals surface area contributed by atoms with Crippen molar-refractivity contribution in [2.45, 2.75) is 52.5 Å². The summed E-state index contributed by atoms with van der Waals surface area (Å²) in [4.78, 5) is 25.1. The van der Waals surface area contributed by atoms with Crippen molar-refractivity contribution in [2.75, 3.05) is 26.3 Å². The Morgan fingerprint density at radius 1 is 0.913 bits per heavy atom. The normalized spacial score (nSPS) is 9.39. The monoisotopic (exact) mass is 378 g/mol. The number of quaternary nitrogens is 2. The molecule has 0 radical (unpaired) electrons. The van der Waals surface area contributed by atoms with Gasteiger partial charge in [-0.1, -0.05) is 13.3 Å². The molecule has 0 bridgehead atoms. The first kappa shape index (κ1) is 30.5. The zero-order valence-corrected chi connectivity index (χ0v) is 16.8. The Kier molecular flexibility index (Phi) is 31.6. The van der Waals surface area contributed by atoms with Gasteiger partial charge in [-0.2, -0.15) is 0 Å². The second-order valence-electron chi connectivity index (χ2n) is 4.41. The van der Waals surface area contributed by atoms with Gasteiger partial charge in [0.2, 0.25) is 0 Å². The number of hydrogen-bond donors (Lipinski definition) is 5. The summed E-state index contributed by atoms with van der Waals surface area (Å²) in [6.45, 7) is 8.42. The molecule has 23 heavy (non-hydrogen) atoms. The molecule has 0 heterocycles. The highest BCUT2D eigenvalue weighted by molar-refractivity contribution is 6.56. The standard InChI is InChI=1S/C5H13N.C4H10O3Si.C3H11NO3Si.H2O/c1-2-3-4-5-6;1-3-6-8(5)7-4-2;4-2-1-3-8(5,6)7;/h2-6H2,1H3;3-4H2,1-2H3;5-7H,1-4H2;1H2/p+2. The van der Waals surface area contributed by atoms with Crippen LogP contribution in [0, 0.1) is 0 Å². The minimum absolute atomic E-state index is 0. The third kappa shape index (κ3) is 44.9. The van der Waals surface area contributed by atoms with Crippen molar-refractivity contribution in [1.82, 2.24) is 0 Å². The first-order valence-electron chi connectivity index (χ1n) is 7.84. The summed E-state index contributed by atoms with van der Waals surface area (Å²) < 4.78 is 19.6. The lowest BCUT2D eigenvalue weighted by Gasteiger charge is -2.05. The molecule has 144 valence electrons. The third-order valence-electron chi connectivity index (χ3n) is 2.14. The topological polar surface area (TPSA) is 183 Å². The molecular formula is C12H38N2O7Si2+2. The fourth-order valence-electron chi connectivity index (χ4n) is 1.07. The Hall–Kier alpha value is -0.406. The Balaban J connectivity index is -0.000000117. The molecule has 0 rings (SSSR count). The Morgan fingerprint density at radius 2 is 1.35 bits per heavy atom. The molecule has 0 aliphatic heterocycles. The Bertz CT molecular complexity index is 220. The first-order chi connectivity index (χ1) is 10.3. The third-order valence-corrected chi connectivity index (χ3v) is 4.21. The summed E-state index contributed by atoms with van der Waals surface area (Å²) in [6, 6.07) is 0.108. The van der Waals surface area contributed by atoms with Gasteiger partial charge in [-0.15, -0.1) is 0 Å². The molecule has 0 atom stereocenters. The van der Waals surface area contributed by atoms with Crippen molar-refractivity contribution in [3.05, 3.63) is 0 Å². The van der Waals surface area contributed by atoms with Crippen LogP contribution < -0.4 is 11.5 Å². The van der Waals surface area contributed by atoms with Crippen LogP contribution >= 0.6 is 0 Å². The van der Waals surface area contributed by atoms with E-state index in [9.17, 15) is 4.46 Å².